The van der Waals surface area contributed by atoms with Gasteiger partial charge in [0.2, 0.25) is 0 Å². The molecule has 0 saturated carbocycles. The number of ether oxygens (including phenoxy) is 1. The number of hydrogen-bond acceptors (Lipinski definition) is 3. The van der Waals surface area contributed by atoms with Crippen molar-refractivity contribution in [1.82, 2.24) is 5.32 Å². The van der Waals surface area contributed by atoms with Gasteiger partial charge in [0.05, 0.1) is 12.7 Å². The minimum atomic E-state index is -0.475. The van der Waals surface area contributed by atoms with Gasteiger partial charge in [0.25, 0.3) is 0 Å². The highest BCUT2D eigenvalue weighted by Crippen LogP contribution is 2.17. The van der Waals surface area contributed by atoms with Crippen LogP contribution in [0.5, 0.6) is 0 Å². The molecule has 3 nitrogen and oxygen atoms in total. The van der Waals surface area contributed by atoms with Crippen LogP contribution < -0.4 is 5.32 Å². The summed E-state index contributed by atoms with van der Waals surface area (Å²) in [6.45, 7) is 5.45. The number of benzene rings is 1. The van der Waals surface area contributed by atoms with Gasteiger partial charge in [0.15, 0.2) is 0 Å². The fraction of sp³-hybridized carbons (Fsp3) is 0.538. The van der Waals surface area contributed by atoms with Gasteiger partial charge in [0, 0.05) is 24.2 Å². The quantitative estimate of drug-likeness (QED) is 0.788. The van der Waals surface area contributed by atoms with Gasteiger partial charge in [0.1, 0.15) is 0 Å². The Kier molecular flexibility index (Phi) is 6.52. The van der Waals surface area contributed by atoms with Gasteiger partial charge in [-0.25, -0.2) is 0 Å². The van der Waals surface area contributed by atoms with E-state index in [2.05, 4.69) is 5.32 Å². The zero-order chi connectivity index (χ0) is 12.7. The normalized spacial score (nSPS) is 14.6. The Morgan fingerprint density at radius 1 is 1.47 bits per heavy atom. The maximum absolute atomic E-state index is 9.62. The van der Waals surface area contributed by atoms with Crippen molar-refractivity contribution in [2.75, 3.05) is 19.8 Å². The van der Waals surface area contributed by atoms with Crippen LogP contribution in [0.4, 0.5) is 0 Å². The largest absolute Gasteiger partial charge is 0.389 e. The summed E-state index contributed by atoms with van der Waals surface area (Å²) in [5, 5.41) is 13.6. The summed E-state index contributed by atoms with van der Waals surface area (Å²) < 4.78 is 5.14. The van der Waals surface area contributed by atoms with Crippen LogP contribution in [-0.2, 0) is 4.74 Å². The highest BCUT2D eigenvalue weighted by atomic mass is 35.5. The number of hydrogen-bond donors (Lipinski definition) is 2. The van der Waals surface area contributed by atoms with Crippen molar-refractivity contribution in [1.29, 1.82) is 0 Å². The molecular formula is C13H20ClNO2. The Bertz CT molecular complexity index is 333. The van der Waals surface area contributed by atoms with Crippen LogP contribution >= 0.6 is 11.6 Å². The fourth-order valence-corrected chi connectivity index (χ4v) is 1.72. The summed E-state index contributed by atoms with van der Waals surface area (Å²) >= 11 is 5.92. The second-order valence-electron chi connectivity index (χ2n) is 4.00. The third-order valence-electron chi connectivity index (χ3n) is 2.52. The molecule has 2 atom stereocenters. The summed E-state index contributed by atoms with van der Waals surface area (Å²) in [5.41, 5.74) is 1.11. The van der Waals surface area contributed by atoms with E-state index < -0.39 is 6.10 Å². The van der Waals surface area contributed by atoms with Gasteiger partial charge in [-0.1, -0.05) is 23.7 Å². The second-order valence-corrected chi connectivity index (χ2v) is 4.43. The van der Waals surface area contributed by atoms with Crippen molar-refractivity contribution < 1.29 is 9.84 Å². The molecule has 1 aromatic rings. The molecule has 0 bridgehead atoms. The van der Waals surface area contributed by atoms with Crippen molar-refractivity contribution >= 4 is 11.6 Å². The molecule has 0 amide bonds. The van der Waals surface area contributed by atoms with Crippen molar-refractivity contribution in [3.8, 4) is 0 Å². The molecule has 17 heavy (non-hydrogen) atoms. The molecule has 0 radical (unpaired) electrons. The first-order chi connectivity index (χ1) is 8.13. The smallest absolute Gasteiger partial charge is 0.0897 e. The topological polar surface area (TPSA) is 41.5 Å². The van der Waals surface area contributed by atoms with Crippen LogP contribution in [0.2, 0.25) is 5.02 Å². The molecule has 2 N–H and O–H groups in total. The third-order valence-corrected chi connectivity index (χ3v) is 2.76. The van der Waals surface area contributed by atoms with Crippen molar-refractivity contribution in [2.24, 2.45) is 0 Å². The molecule has 1 unspecified atom stereocenters. The van der Waals surface area contributed by atoms with E-state index in [1.807, 2.05) is 38.1 Å². The van der Waals surface area contributed by atoms with Gasteiger partial charge in [-0.2, -0.15) is 0 Å². The van der Waals surface area contributed by atoms with Crippen LogP contribution in [0, 0.1) is 0 Å². The van der Waals surface area contributed by atoms with Gasteiger partial charge in [-0.15, -0.1) is 0 Å². The van der Waals surface area contributed by atoms with Crippen LogP contribution in [0.25, 0.3) is 0 Å². The van der Waals surface area contributed by atoms with Crippen LogP contribution in [0.1, 0.15) is 25.5 Å². The van der Waals surface area contributed by atoms with Crippen molar-refractivity contribution in [3.05, 3.63) is 34.9 Å². The zero-order valence-corrected chi connectivity index (χ0v) is 11.1. The standard InChI is InChI=1S/C13H20ClNO2/c1-3-17-9-13(16)8-15-10(2)11-5-4-6-12(14)7-11/h4-7,10,13,15-16H,3,8-9H2,1-2H3/t10-,13?/m0/s1. The lowest BCUT2D eigenvalue weighted by Crippen LogP contribution is -2.32. The molecule has 96 valence electrons. The molecular weight excluding hydrogens is 238 g/mol. The molecule has 0 saturated heterocycles. The van der Waals surface area contributed by atoms with Crippen molar-refractivity contribution in [2.45, 2.75) is 26.0 Å². The summed E-state index contributed by atoms with van der Waals surface area (Å²) in [6, 6.07) is 7.87. The lowest BCUT2D eigenvalue weighted by atomic mass is 10.1. The van der Waals surface area contributed by atoms with E-state index in [0.717, 1.165) is 10.6 Å². The Balaban J connectivity index is 2.36. The van der Waals surface area contributed by atoms with Crippen molar-refractivity contribution in [3.63, 3.8) is 0 Å². The fourth-order valence-electron chi connectivity index (χ4n) is 1.52. The number of aliphatic hydroxyl groups excluding tert-OH is 1. The Hall–Kier alpha value is -0.610. The predicted octanol–water partition coefficient (Wildman–Crippen LogP) is 2.39. The maximum atomic E-state index is 9.62. The van der Waals surface area contributed by atoms with Gasteiger partial charge >= 0.3 is 0 Å². The SMILES string of the molecule is CCOCC(O)CN[C@@H](C)c1cccc(Cl)c1. The molecule has 0 aliphatic carbocycles. The van der Waals surface area contributed by atoms with E-state index in [-0.39, 0.29) is 6.04 Å². The lowest BCUT2D eigenvalue weighted by Gasteiger charge is -2.17. The predicted molar refractivity (Wildman–Crippen MR) is 70.4 cm³/mol. The van der Waals surface area contributed by atoms with E-state index in [1.165, 1.54) is 0 Å². The molecule has 1 aromatic carbocycles. The highest BCUT2D eigenvalue weighted by Gasteiger charge is 2.08. The monoisotopic (exact) mass is 257 g/mol. The van der Waals surface area contributed by atoms with Gasteiger partial charge in [-0.05, 0) is 31.5 Å². The molecule has 1 rings (SSSR count). The number of rotatable bonds is 7. The summed E-state index contributed by atoms with van der Waals surface area (Å²) in [6.07, 6.45) is -0.475. The third kappa shape index (κ3) is 5.50. The minimum Gasteiger partial charge on any atom is -0.389 e. The van der Waals surface area contributed by atoms with Gasteiger partial charge in [-0.3, -0.25) is 0 Å². The first-order valence-corrected chi connectivity index (χ1v) is 6.26. The Morgan fingerprint density at radius 2 is 2.24 bits per heavy atom. The van der Waals surface area contributed by atoms with E-state index >= 15 is 0 Å². The average molecular weight is 258 g/mol. The summed E-state index contributed by atoms with van der Waals surface area (Å²) in [7, 11) is 0. The molecule has 0 spiro atoms. The van der Waals surface area contributed by atoms with E-state index in [4.69, 9.17) is 16.3 Å². The van der Waals surface area contributed by atoms with Crippen LogP contribution in [-0.4, -0.2) is 31.0 Å². The molecule has 0 aliphatic heterocycles. The van der Waals surface area contributed by atoms with E-state index in [1.54, 1.807) is 0 Å². The number of nitrogens with one attached hydrogen (secondary N) is 1. The van der Waals surface area contributed by atoms with Crippen LogP contribution in [0.3, 0.4) is 0 Å². The van der Waals surface area contributed by atoms with Gasteiger partial charge < -0.3 is 15.2 Å². The Morgan fingerprint density at radius 3 is 2.88 bits per heavy atom. The lowest BCUT2D eigenvalue weighted by molar-refractivity contribution is 0.0416. The summed E-state index contributed by atoms with van der Waals surface area (Å²) in [4.78, 5) is 0. The molecule has 0 fully saturated rings. The molecule has 0 heterocycles. The zero-order valence-electron chi connectivity index (χ0n) is 10.3. The maximum Gasteiger partial charge on any atom is 0.0897 e. The first kappa shape index (κ1) is 14.5. The molecule has 0 aliphatic rings. The van der Waals surface area contributed by atoms with Crippen LogP contribution in [0.15, 0.2) is 24.3 Å². The molecule has 4 heteroatoms. The minimum absolute atomic E-state index is 0.157. The van der Waals surface area contributed by atoms with E-state index in [0.29, 0.717) is 19.8 Å². The molecule has 0 aromatic heterocycles. The number of aliphatic hydroxyl groups is 1. The second kappa shape index (κ2) is 7.67. The highest BCUT2D eigenvalue weighted by molar-refractivity contribution is 6.30. The Labute approximate surface area is 108 Å². The average Bonchev–Trinajstić information content (AvgIpc) is 2.33. The number of halogens is 1. The summed E-state index contributed by atoms with van der Waals surface area (Å²) in [5.74, 6) is 0. The van der Waals surface area contributed by atoms with E-state index in [9.17, 15) is 5.11 Å². The first-order valence-electron chi connectivity index (χ1n) is 5.88.